The third kappa shape index (κ3) is 2.89. The second-order valence-electron chi connectivity index (χ2n) is 8.47. The maximum atomic E-state index is 13.2. The Morgan fingerprint density at radius 1 is 1.21 bits per heavy atom. The summed E-state index contributed by atoms with van der Waals surface area (Å²) >= 11 is 0. The van der Waals surface area contributed by atoms with E-state index in [2.05, 4.69) is 42.1 Å². The fraction of sp³-hybridized carbons (Fsp3) is 0.435. The minimum Gasteiger partial charge on any atom is -0.336 e. The van der Waals surface area contributed by atoms with Gasteiger partial charge in [0.05, 0.1) is 5.52 Å². The van der Waals surface area contributed by atoms with Crippen molar-refractivity contribution in [3.05, 3.63) is 59.0 Å². The number of piperidine rings is 1. The molecule has 2 aliphatic heterocycles. The topological polar surface area (TPSA) is 51.0 Å². The van der Waals surface area contributed by atoms with Crippen LogP contribution >= 0.6 is 0 Å². The molecule has 0 bridgehead atoms. The van der Waals surface area contributed by atoms with Crippen LogP contribution in [0.2, 0.25) is 0 Å². The predicted octanol–water partition coefficient (Wildman–Crippen LogP) is 3.95. The van der Waals surface area contributed by atoms with Crippen LogP contribution in [-0.4, -0.2) is 38.7 Å². The first-order chi connectivity index (χ1) is 13.6. The fourth-order valence-corrected chi connectivity index (χ4v) is 4.96. The second-order valence-corrected chi connectivity index (χ2v) is 8.47. The third-order valence-electron chi connectivity index (χ3n) is 6.28. The molecule has 5 heteroatoms. The van der Waals surface area contributed by atoms with Crippen molar-refractivity contribution in [1.82, 2.24) is 19.7 Å². The van der Waals surface area contributed by atoms with Gasteiger partial charge in [-0.1, -0.05) is 25.1 Å². The highest BCUT2D eigenvalue weighted by atomic mass is 16.2. The number of nitrogens with zero attached hydrogens (tertiary/aromatic N) is 4. The Morgan fingerprint density at radius 2 is 2.11 bits per heavy atom. The summed E-state index contributed by atoms with van der Waals surface area (Å²) in [6.07, 6.45) is 5.11. The summed E-state index contributed by atoms with van der Waals surface area (Å²) in [6.45, 7) is 6.84. The summed E-state index contributed by atoms with van der Waals surface area (Å²) in [7, 11) is 0. The Labute approximate surface area is 165 Å². The lowest BCUT2D eigenvalue weighted by Gasteiger charge is -2.37. The zero-order chi connectivity index (χ0) is 19.3. The van der Waals surface area contributed by atoms with Gasteiger partial charge in [0, 0.05) is 42.8 Å². The van der Waals surface area contributed by atoms with Gasteiger partial charge < -0.3 is 4.90 Å². The number of aryl methyl sites for hydroxylation is 3. The SMILES string of the molecule is Cc1ccc([C@H]2C[C@@H](C)CN(C(=O)c3cc4n(n3)CCC4)C2)c2cccnc12. The van der Waals surface area contributed by atoms with Gasteiger partial charge >= 0.3 is 0 Å². The minimum absolute atomic E-state index is 0.0768. The molecule has 4 heterocycles. The molecular formula is C23H26N4O. The molecule has 0 saturated carbocycles. The molecule has 28 heavy (non-hydrogen) atoms. The predicted molar refractivity (Wildman–Crippen MR) is 109 cm³/mol. The molecule has 2 aliphatic rings. The van der Waals surface area contributed by atoms with Crippen LogP contribution in [0.15, 0.2) is 36.5 Å². The molecule has 1 amide bonds. The van der Waals surface area contributed by atoms with Crippen molar-refractivity contribution < 1.29 is 4.79 Å². The van der Waals surface area contributed by atoms with Crippen LogP contribution in [0.5, 0.6) is 0 Å². The van der Waals surface area contributed by atoms with E-state index in [9.17, 15) is 4.79 Å². The van der Waals surface area contributed by atoms with E-state index in [4.69, 9.17) is 0 Å². The standard InChI is InChI=1S/C23H26N4O/c1-15-11-17(19-8-7-16(2)22-20(19)6-3-9-24-22)14-26(13-15)23(28)21-12-18-5-4-10-27(18)25-21/h3,6-9,12,15,17H,4-5,10-11,13-14H2,1-2H3/t15-,17+/m1/s1. The van der Waals surface area contributed by atoms with E-state index >= 15 is 0 Å². The van der Waals surface area contributed by atoms with Gasteiger partial charge in [0.1, 0.15) is 0 Å². The molecule has 3 aromatic rings. The maximum absolute atomic E-state index is 13.2. The van der Waals surface area contributed by atoms with Gasteiger partial charge in [-0.15, -0.1) is 0 Å². The summed E-state index contributed by atoms with van der Waals surface area (Å²) < 4.78 is 2.00. The van der Waals surface area contributed by atoms with Crippen LogP contribution in [0.25, 0.3) is 10.9 Å². The highest BCUT2D eigenvalue weighted by molar-refractivity contribution is 5.93. The number of carbonyl (C=O) groups excluding carboxylic acids is 1. The number of amides is 1. The molecule has 1 aromatic carbocycles. The van der Waals surface area contributed by atoms with Gasteiger partial charge in [-0.25, -0.2) is 0 Å². The largest absolute Gasteiger partial charge is 0.336 e. The summed E-state index contributed by atoms with van der Waals surface area (Å²) in [5.41, 5.74) is 5.38. The van der Waals surface area contributed by atoms with Gasteiger partial charge in [0.15, 0.2) is 5.69 Å². The monoisotopic (exact) mass is 374 g/mol. The van der Waals surface area contributed by atoms with E-state index < -0.39 is 0 Å². The fourth-order valence-electron chi connectivity index (χ4n) is 4.96. The number of pyridine rings is 1. The first-order valence-electron chi connectivity index (χ1n) is 10.3. The van der Waals surface area contributed by atoms with Gasteiger partial charge in [0.25, 0.3) is 5.91 Å². The lowest BCUT2D eigenvalue weighted by atomic mass is 9.83. The van der Waals surface area contributed by atoms with E-state index in [-0.39, 0.29) is 5.91 Å². The zero-order valence-electron chi connectivity index (χ0n) is 16.6. The number of benzene rings is 1. The summed E-state index contributed by atoms with van der Waals surface area (Å²) in [6, 6.07) is 10.6. The van der Waals surface area contributed by atoms with Crippen molar-refractivity contribution in [2.75, 3.05) is 13.1 Å². The Hall–Kier alpha value is -2.69. The molecule has 5 nitrogen and oxygen atoms in total. The molecule has 5 rings (SSSR count). The molecule has 1 fully saturated rings. The van der Waals surface area contributed by atoms with Gasteiger partial charge in [-0.3, -0.25) is 14.5 Å². The lowest BCUT2D eigenvalue weighted by Crippen LogP contribution is -2.42. The average Bonchev–Trinajstić information content (AvgIpc) is 3.29. The molecule has 0 spiro atoms. The Morgan fingerprint density at radius 3 is 2.96 bits per heavy atom. The van der Waals surface area contributed by atoms with Gasteiger partial charge in [0.2, 0.25) is 0 Å². The maximum Gasteiger partial charge on any atom is 0.274 e. The van der Waals surface area contributed by atoms with Crippen molar-refractivity contribution in [3.8, 4) is 0 Å². The number of hydrogen-bond donors (Lipinski definition) is 0. The van der Waals surface area contributed by atoms with Crippen LogP contribution < -0.4 is 0 Å². The van der Waals surface area contributed by atoms with E-state index in [1.54, 1.807) is 0 Å². The van der Waals surface area contributed by atoms with Crippen molar-refractivity contribution >= 4 is 16.8 Å². The smallest absolute Gasteiger partial charge is 0.274 e. The normalized spacial score (nSPS) is 21.9. The first-order valence-corrected chi connectivity index (χ1v) is 10.3. The summed E-state index contributed by atoms with van der Waals surface area (Å²) in [5.74, 6) is 0.868. The molecule has 144 valence electrons. The van der Waals surface area contributed by atoms with Crippen molar-refractivity contribution in [2.45, 2.75) is 45.6 Å². The van der Waals surface area contributed by atoms with E-state index in [0.29, 0.717) is 17.5 Å². The van der Waals surface area contributed by atoms with E-state index in [1.807, 2.05) is 27.9 Å². The quantitative estimate of drug-likeness (QED) is 0.682. The number of rotatable bonds is 2. The van der Waals surface area contributed by atoms with Gasteiger partial charge in [-0.05, 0) is 55.4 Å². The number of carbonyl (C=O) groups is 1. The number of likely N-dealkylation sites (tertiary alicyclic amines) is 1. The third-order valence-corrected chi connectivity index (χ3v) is 6.28. The van der Waals surface area contributed by atoms with Crippen molar-refractivity contribution in [3.63, 3.8) is 0 Å². The molecule has 0 aliphatic carbocycles. The first kappa shape index (κ1) is 17.4. The zero-order valence-corrected chi connectivity index (χ0v) is 16.6. The molecule has 0 radical (unpaired) electrons. The van der Waals surface area contributed by atoms with Crippen LogP contribution in [0.3, 0.4) is 0 Å². The number of aromatic nitrogens is 3. The molecule has 2 aromatic heterocycles. The van der Waals surface area contributed by atoms with Crippen LogP contribution in [0, 0.1) is 12.8 Å². The lowest BCUT2D eigenvalue weighted by molar-refractivity contribution is 0.0652. The van der Waals surface area contributed by atoms with Crippen LogP contribution in [-0.2, 0) is 13.0 Å². The molecule has 1 saturated heterocycles. The summed E-state index contributed by atoms with van der Waals surface area (Å²) in [4.78, 5) is 19.8. The molecule has 0 unspecified atom stereocenters. The number of hydrogen-bond acceptors (Lipinski definition) is 3. The molecule has 2 atom stereocenters. The molecular weight excluding hydrogens is 348 g/mol. The van der Waals surface area contributed by atoms with E-state index in [0.717, 1.165) is 44.4 Å². The second kappa shape index (κ2) is 6.73. The average molecular weight is 374 g/mol. The van der Waals surface area contributed by atoms with Crippen LogP contribution in [0.4, 0.5) is 0 Å². The Kier molecular flexibility index (Phi) is 4.18. The van der Waals surface area contributed by atoms with Crippen molar-refractivity contribution in [1.29, 1.82) is 0 Å². The Balaban J connectivity index is 1.46. The van der Waals surface area contributed by atoms with Crippen molar-refractivity contribution in [2.24, 2.45) is 5.92 Å². The summed E-state index contributed by atoms with van der Waals surface area (Å²) in [5, 5.41) is 5.78. The molecule has 0 N–H and O–H groups in total. The van der Waals surface area contributed by atoms with Crippen LogP contribution in [0.1, 0.15) is 53.0 Å². The Bertz CT molecular complexity index is 1030. The highest BCUT2D eigenvalue weighted by Crippen LogP contribution is 2.35. The van der Waals surface area contributed by atoms with Gasteiger partial charge in [-0.2, -0.15) is 5.10 Å². The highest BCUT2D eigenvalue weighted by Gasteiger charge is 2.32. The minimum atomic E-state index is 0.0768. The van der Waals surface area contributed by atoms with E-state index in [1.165, 1.54) is 22.2 Å². The number of fused-ring (bicyclic) bond motifs is 2.